The van der Waals surface area contributed by atoms with Gasteiger partial charge in [0.05, 0.1) is 19.7 Å². The maximum Gasteiger partial charge on any atom is 0.263 e. The van der Waals surface area contributed by atoms with Crippen LogP contribution in [0.25, 0.3) is 0 Å². The number of hydroxylamine groups is 2. The van der Waals surface area contributed by atoms with Crippen molar-refractivity contribution in [3.63, 3.8) is 0 Å². The van der Waals surface area contributed by atoms with Gasteiger partial charge in [0.2, 0.25) is 0 Å². The highest BCUT2D eigenvalue weighted by Gasteiger charge is 2.36. The van der Waals surface area contributed by atoms with Crippen molar-refractivity contribution < 1.29 is 9.63 Å². The molecule has 1 unspecified atom stereocenters. The quantitative estimate of drug-likeness (QED) is 0.588. The van der Waals surface area contributed by atoms with Crippen LogP contribution < -0.4 is 0 Å². The molecule has 110 valence electrons. The molecular formula is C14H25ClN2O2. The fraction of sp³-hybridized carbons (Fsp3) is 0.929. The van der Waals surface area contributed by atoms with Gasteiger partial charge in [-0.15, -0.1) is 11.6 Å². The average Bonchev–Trinajstić information content (AvgIpc) is 2.75. The van der Waals surface area contributed by atoms with Crippen molar-refractivity contribution in [2.75, 3.05) is 27.2 Å². The summed E-state index contributed by atoms with van der Waals surface area (Å²) < 4.78 is 0. The lowest BCUT2D eigenvalue weighted by atomic mass is 9.89. The van der Waals surface area contributed by atoms with Crippen LogP contribution in [0.1, 0.15) is 38.5 Å². The SMILES string of the molecule is CON(CC1CCCCC1)C(=O)[C@@H]1CC(Cl)CN1C. The van der Waals surface area contributed by atoms with Gasteiger partial charge in [0.25, 0.3) is 5.91 Å². The monoisotopic (exact) mass is 288 g/mol. The Hall–Kier alpha value is -0.320. The second-order valence-electron chi connectivity index (χ2n) is 5.87. The zero-order chi connectivity index (χ0) is 13.8. The number of hydrogen-bond donors (Lipinski definition) is 0. The number of likely N-dealkylation sites (N-methyl/N-ethyl adjacent to an activating group) is 1. The minimum absolute atomic E-state index is 0.0683. The van der Waals surface area contributed by atoms with Crippen molar-refractivity contribution in [3.05, 3.63) is 0 Å². The molecule has 0 aromatic carbocycles. The Balaban J connectivity index is 1.90. The summed E-state index contributed by atoms with van der Waals surface area (Å²) in [6, 6.07) is -0.119. The third-order valence-electron chi connectivity index (χ3n) is 4.40. The highest BCUT2D eigenvalue weighted by Crippen LogP contribution is 2.26. The van der Waals surface area contributed by atoms with Crippen LogP contribution in [-0.2, 0) is 9.63 Å². The second kappa shape index (κ2) is 6.91. The predicted molar refractivity (Wildman–Crippen MR) is 76.0 cm³/mol. The first-order valence-corrected chi connectivity index (χ1v) is 7.75. The number of alkyl halides is 1. The number of hydrogen-bond acceptors (Lipinski definition) is 3. The van der Waals surface area contributed by atoms with Crippen LogP contribution >= 0.6 is 11.6 Å². The zero-order valence-electron chi connectivity index (χ0n) is 12.0. The van der Waals surface area contributed by atoms with E-state index < -0.39 is 0 Å². The minimum Gasteiger partial charge on any atom is -0.293 e. The molecule has 1 aliphatic heterocycles. The molecule has 2 aliphatic rings. The van der Waals surface area contributed by atoms with Gasteiger partial charge < -0.3 is 0 Å². The maximum atomic E-state index is 12.5. The van der Waals surface area contributed by atoms with Gasteiger partial charge in [-0.1, -0.05) is 19.3 Å². The number of carbonyl (C=O) groups excluding carboxylic acids is 1. The normalized spacial score (nSPS) is 29.6. The van der Waals surface area contributed by atoms with Crippen LogP contribution in [0.4, 0.5) is 0 Å². The summed E-state index contributed by atoms with van der Waals surface area (Å²) in [5.74, 6) is 0.662. The molecule has 0 N–H and O–H groups in total. The van der Waals surface area contributed by atoms with Gasteiger partial charge in [0.15, 0.2) is 0 Å². The molecule has 2 rings (SSSR count). The van der Waals surface area contributed by atoms with Crippen LogP contribution in [0.3, 0.4) is 0 Å². The summed E-state index contributed by atoms with van der Waals surface area (Å²) in [7, 11) is 3.55. The van der Waals surface area contributed by atoms with Crippen molar-refractivity contribution in [2.24, 2.45) is 5.92 Å². The fourth-order valence-electron chi connectivity index (χ4n) is 3.25. The van der Waals surface area contributed by atoms with Gasteiger partial charge in [-0.3, -0.25) is 14.5 Å². The number of rotatable bonds is 4. The summed E-state index contributed by atoms with van der Waals surface area (Å²) in [6.07, 6.45) is 7.04. The number of carbonyl (C=O) groups is 1. The maximum absolute atomic E-state index is 12.5. The van der Waals surface area contributed by atoms with Crippen LogP contribution in [0, 0.1) is 5.92 Å². The van der Waals surface area contributed by atoms with E-state index in [9.17, 15) is 4.79 Å². The topological polar surface area (TPSA) is 32.8 Å². The Bertz CT molecular complexity index is 308. The Morgan fingerprint density at radius 3 is 2.58 bits per heavy atom. The van der Waals surface area contributed by atoms with Crippen LogP contribution in [-0.4, -0.2) is 54.5 Å². The van der Waals surface area contributed by atoms with Crippen molar-refractivity contribution in [2.45, 2.75) is 49.9 Å². The van der Waals surface area contributed by atoms with E-state index >= 15 is 0 Å². The molecule has 0 radical (unpaired) electrons. The third-order valence-corrected chi connectivity index (χ3v) is 4.71. The number of amides is 1. The first-order valence-electron chi connectivity index (χ1n) is 7.31. The molecule has 0 aromatic rings. The van der Waals surface area contributed by atoms with Crippen LogP contribution in [0.15, 0.2) is 0 Å². The molecule has 0 bridgehead atoms. The minimum atomic E-state index is -0.119. The van der Waals surface area contributed by atoms with Crippen LogP contribution in [0.2, 0.25) is 0 Å². The Morgan fingerprint density at radius 1 is 1.37 bits per heavy atom. The van der Waals surface area contributed by atoms with Crippen molar-refractivity contribution >= 4 is 17.5 Å². The molecular weight excluding hydrogens is 264 g/mol. The van der Waals surface area contributed by atoms with E-state index in [0.29, 0.717) is 5.92 Å². The molecule has 2 fully saturated rings. The number of nitrogens with zero attached hydrogens (tertiary/aromatic N) is 2. The third kappa shape index (κ3) is 3.83. The van der Waals surface area contributed by atoms with Gasteiger partial charge in [-0.25, -0.2) is 5.06 Å². The van der Waals surface area contributed by atoms with E-state index in [4.69, 9.17) is 16.4 Å². The molecule has 2 atom stereocenters. The lowest BCUT2D eigenvalue weighted by Crippen LogP contribution is -2.45. The predicted octanol–water partition coefficient (Wildman–Crippen LogP) is 2.27. The van der Waals surface area contributed by atoms with E-state index in [1.165, 1.54) is 32.1 Å². The average molecular weight is 289 g/mol. The number of likely N-dealkylation sites (tertiary alicyclic amines) is 1. The molecule has 1 amide bonds. The van der Waals surface area contributed by atoms with E-state index in [2.05, 4.69) is 0 Å². The smallest absolute Gasteiger partial charge is 0.263 e. The first kappa shape index (κ1) is 15.1. The fourth-order valence-corrected chi connectivity index (χ4v) is 3.64. The summed E-state index contributed by atoms with van der Waals surface area (Å²) in [6.45, 7) is 1.51. The lowest BCUT2D eigenvalue weighted by Gasteiger charge is -2.30. The first-order chi connectivity index (χ1) is 9.11. The number of halogens is 1. The van der Waals surface area contributed by atoms with Gasteiger partial charge in [-0.2, -0.15) is 0 Å². The van der Waals surface area contributed by atoms with E-state index in [1.54, 1.807) is 12.2 Å². The highest BCUT2D eigenvalue weighted by atomic mass is 35.5. The summed E-state index contributed by atoms with van der Waals surface area (Å²) in [5.41, 5.74) is 0. The van der Waals surface area contributed by atoms with Crippen LogP contribution in [0.5, 0.6) is 0 Å². The van der Waals surface area contributed by atoms with Crippen molar-refractivity contribution in [1.82, 2.24) is 9.96 Å². The Labute approximate surface area is 121 Å². The molecule has 1 aliphatic carbocycles. The molecule has 5 heteroatoms. The molecule has 4 nitrogen and oxygen atoms in total. The molecule has 1 saturated carbocycles. The lowest BCUT2D eigenvalue weighted by molar-refractivity contribution is -0.184. The van der Waals surface area contributed by atoms with E-state index in [0.717, 1.165) is 19.5 Å². The van der Waals surface area contributed by atoms with Gasteiger partial charge >= 0.3 is 0 Å². The van der Waals surface area contributed by atoms with E-state index in [1.807, 2.05) is 11.9 Å². The van der Waals surface area contributed by atoms with Crippen molar-refractivity contribution in [3.8, 4) is 0 Å². The summed E-state index contributed by atoms with van der Waals surface area (Å²) >= 11 is 6.13. The summed E-state index contributed by atoms with van der Waals surface area (Å²) in [4.78, 5) is 19.9. The van der Waals surface area contributed by atoms with Gasteiger partial charge in [0.1, 0.15) is 0 Å². The summed E-state index contributed by atoms with van der Waals surface area (Å²) in [5, 5.41) is 1.64. The van der Waals surface area contributed by atoms with Gasteiger partial charge in [0, 0.05) is 11.9 Å². The Morgan fingerprint density at radius 2 is 2.05 bits per heavy atom. The molecule has 1 heterocycles. The van der Waals surface area contributed by atoms with Crippen molar-refractivity contribution in [1.29, 1.82) is 0 Å². The zero-order valence-corrected chi connectivity index (χ0v) is 12.7. The Kier molecular flexibility index (Phi) is 5.48. The molecule has 1 saturated heterocycles. The molecule has 0 spiro atoms. The second-order valence-corrected chi connectivity index (χ2v) is 6.49. The molecule has 19 heavy (non-hydrogen) atoms. The standard InChI is InChI=1S/C14H25ClN2O2/c1-16-10-12(15)8-13(16)14(18)17(19-2)9-11-6-4-3-5-7-11/h11-13H,3-10H2,1-2H3/t12?,13-/m0/s1. The largest absolute Gasteiger partial charge is 0.293 e. The van der Waals surface area contributed by atoms with Gasteiger partial charge in [-0.05, 0) is 32.2 Å². The molecule has 0 aromatic heterocycles. The highest BCUT2D eigenvalue weighted by molar-refractivity contribution is 6.21. The van der Waals surface area contributed by atoms with E-state index in [-0.39, 0.29) is 17.3 Å².